The number of nitrogens with one attached hydrogen (secondary N) is 6. The van der Waals surface area contributed by atoms with Gasteiger partial charge in [-0.1, -0.05) is 133 Å². The topological polar surface area (TPSA) is 380 Å². The molecule has 2 fully saturated rings. The number of phenolic OH excluding ortho intramolecular Hbond substituents is 1. The van der Waals surface area contributed by atoms with Crippen LogP contribution in [0.5, 0.6) is 11.5 Å². The Morgan fingerprint density at radius 2 is 1.40 bits per heavy atom. The third kappa shape index (κ3) is 25.9. The van der Waals surface area contributed by atoms with E-state index < -0.39 is 101 Å². The molecule has 3 aromatic rings. The van der Waals surface area contributed by atoms with E-state index in [0.717, 1.165) is 12.0 Å². The summed E-state index contributed by atoms with van der Waals surface area (Å²) in [5.74, 6) is -6.22. The number of anilines is 1. The first-order chi connectivity index (χ1) is 52.0. The second-order valence-corrected chi connectivity index (χ2v) is 33.5. The number of benzene rings is 3. The molecule has 606 valence electrons. The number of hydroxylamine groups is 2. The summed E-state index contributed by atoms with van der Waals surface area (Å²) in [7, 11) is 7.47. The number of methoxy groups -OCH3 is 1. The molecular formula is C79H115N11O18S2. The monoisotopic (exact) mass is 1570 g/mol. The Morgan fingerprint density at radius 1 is 0.736 bits per heavy atom. The van der Waals surface area contributed by atoms with Crippen molar-refractivity contribution in [3.8, 4) is 11.5 Å². The van der Waals surface area contributed by atoms with Crippen LogP contribution in [0.3, 0.4) is 0 Å². The number of rotatable bonds is 41. The molecule has 0 bridgehead atoms. The number of likely N-dealkylation sites (N-methyl/N-ethyl adjacent to an activating group) is 2. The third-order valence-corrected chi connectivity index (χ3v) is 23.4. The zero-order chi connectivity index (χ0) is 81.4. The number of nitrogens with zero attached hydrogens (tertiary/aromatic N) is 5. The van der Waals surface area contributed by atoms with Gasteiger partial charge < -0.3 is 65.6 Å². The van der Waals surface area contributed by atoms with Crippen molar-refractivity contribution in [1.29, 1.82) is 0 Å². The summed E-state index contributed by atoms with van der Waals surface area (Å²) in [6, 6.07) is 13.4. The van der Waals surface area contributed by atoms with Gasteiger partial charge in [-0.15, -0.1) is 5.06 Å². The summed E-state index contributed by atoms with van der Waals surface area (Å²) >= 11 is 0. The van der Waals surface area contributed by atoms with Crippen LogP contribution in [-0.2, 0) is 80.1 Å². The van der Waals surface area contributed by atoms with Gasteiger partial charge in [0, 0.05) is 93.7 Å². The van der Waals surface area contributed by atoms with Crippen molar-refractivity contribution in [3.05, 3.63) is 89.0 Å². The number of hydrogen-bond acceptors (Lipinski definition) is 21. The van der Waals surface area contributed by atoms with Crippen LogP contribution in [0.25, 0.3) is 0 Å². The van der Waals surface area contributed by atoms with Crippen molar-refractivity contribution in [1.82, 2.24) is 46.5 Å². The van der Waals surface area contributed by atoms with E-state index in [1.165, 1.54) is 53.6 Å². The number of phenols is 1. The van der Waals surface area contributed by atoms with E-state index in [1.807, 2.05) is 59.7 Å². The fraction of sp³-hybridized carbons (Fsp3) is 0.608. The second kappa shape index (κ2) is 42.6. The number of carbonyl (C=O) groups is 12. The molecule has 2 saturated heterocycles. The minimum atomic E-state index is -1.05. The van der Waals surface area contributed by atoms with E-state index in [1.54, 1.807) is 101 Å². The number of hydrogen-bond donors (Lipinski definition) is 8. The first kappa shape index (κ1) is 90.1. The van der Waals surface area contributed by atoms with E-state index in [9.17, 15) is 67.7 Å². The van der Waals surface area contributed by atoms with Crippen molar-refractivity contribution in [3.63, 3.8) is 0 Å². The Bertz CT molecular complexity index is 3720. The number of carbonyl (C=O) groups excluding carboxylic acids is 12. The number of ether oxygens (including phenoxy) is 3. The maximum absolute atomic E-state index is 14.6. The number of amides is 11. The Hall–Kier alpha value is -8.81. The summed E-state index contributed by atoms with van der Waals surface area (Å²) in [4.78, 5) is 169. The highest BCUT2D eigenvalue weighted by atomic mass is 33.1. The molecule has 0 unspecified atom stereocenters. The smallest absolute Gasteiger partial charge is 0.410 e. The molecule has 3 aliphatic rings. The van der Waals surface area contributed by atoms with Crippen LogP contribution in [-0.4, -0.2) is 200 Å². The van der Waals surface area contributed by atoms with Crippen molar-refractivity contribution >= 4 is 104 Å². The van der Waals surface area contributed by atoms with Crippen molar-refractivity contribution in [2.75, 3.05) is 45.4 Å². The van der Waals surface area contributed by atoms with Gasteiger partial charge in [0.15, 0.2) is 0 Å². The summed E-state index contributed by atoms with van der Waals surface area (Å²) < 4.78 is 16.8. The fourth-order valence-electron chi connectivity index (χ4n) is 13.6. The highest BCUT2D eigenvalue weighted by Gasteiger charge is 2.43. The molecule has 0 saturated carbocycles. The Morgan fingerprint density at radius 3 is 2.03 bits per heavy atom. The van der Waals surface area contributed by atoms with Crippen LogP contribution in [0.4, 0.5) is 10.5 Å². The molecule has 1 aliphatic carbocycles. The van der Waals surface area contributed by atoms with Crippen LogP contribution in [0.1, 0.15) is 195 Å². The number of aliphatic hydroxyl groups is 1. The SMILES string of the molecule is CC[C@H](C)[C@@H](CCC(=O)N1CCC[C@H]1[C@H](OC)[C@@H](C)C(=O)N[C@H](C)[C@@H](O)c1ccccc1)N(C)C(=O)[C@@H](NC(=O)[C@H](C(C)C)N(C)C(=O)OCc1ccc(NC(=O)[C@H](C)NC(=O)[C@@H](NC(=O)CCSSC(C)(C)CC(=O)N/N=C2\CCc3cc(OCCCC(=O)ON4C(=O)CCC4=O)cc(O)c32)C(C)C)cc1)C(C)C. The summed E-state index contributed by atoms with van der Waals surface area (Å²) in [6.07, 6.45) is 1.41. The molecule has 3 aromatic carbocycles. The maximum Gasteiger partial charge on any atom is 0.410 e. The van der Waals surface area contributed by atoms with Gasteiger partial charge in [0.25, 0.3) is 11.8 Å². The zero-order valence-corrected chi connectivity index (χ0v) is 68.1. The minimum Gasteiger partial charge on any atom is -0.507 e. The van der Waals surface area contributed by atoms with Gasteiger partial charge in [-0.2, -0.15) is 5.10 Å². The van der Waals surface area contributed by atoms with Gasteiger partial charge in [-0.05, 0) is 125 Å². The van der Waals surface area contributed by atoms with Crippen LogP contribution in [0.15, 0.2) is 71.8 Å². The standard InChI is InChI=1S/C79H115N11O18S2/c1-17-48(8)58(33-34-63(94)89-38-21-25-59(89)72(105-16)49(9)73(99)80-50(10)71(98)53-23-19-18-20-24-53)87(14)77(103)69(46(4)5)84-76(102)70(47(6)7)88(15)78(104)107-44-52-27-30-55(31-28-52)82-74(100)51(11)81-75(101)68(45(2)3)83-61(92)37-40-109-110-79(12,13)43-62(93)86-85-57-32-29-54-41-56(42-60(91)67(54)57)106-39-22-26-66(97)108-90-64(95)35-36-65(90)96/h18-20,23-24,27-28,30-31,41-42,45-51,58-59,68-72,91,98H,17,21-22,25-26,29,32-40,43-44H2,1-16H3,(H,80,99)(H,81,101)(H,82,100)(H,83,92)(H,84,102)(H,86,93)/b85-57+/t48-,49+,50+,51-,58+,59-,68-,69-,70-,71+,72+/m0/s1. The third-order valence-electron chi connectivity index (χ3n) is 20.1. The lowest BCUT2D eigenvalue weighted by molar-refractivity contribution is -0.197. The summed E-state index contributed by atoms with van der Waals surface area (Å²) in [5, 5.41) is 40.8. The van der Waals surface area contributed by atoms with Crippen LogP contribution in [0, 0.1) is 29.6 Å². The quantitative estimate of drug-likeness (QED) is 0.0114. The number of hydrazone groups is 1. The number of likely N-dealkylation sites (tertiary alicyclic amines) is 1. The van der Waals surface area contributed by atoms with Gasteiger partial charge in [0.05, 0.1) is 48.9 Å². The molecule has 0 aromatic heterocycles. The van der Waals surface area contributed by atoms with Crippen molar-refractivity contribution < 1.29 is 86.8 Å². The van der Waals surface area contributed by atoms with Gasteiger partial charge >= 0.3 is 12.1 Å². The highest BCUT2D eigenvalue weighted by molar-refractivity contribution is 8.77. The lowest BCUT2D eigenvalue weighted by Gasteiger charge is -2.38. The molecule has 110 heavy (non-hydrogen) atoms. The molecule has 29 nitrogen and oxygen atoms in total. The lowest BCUT2D eigenvalue weighted by atomic mass is 9.91. The molecule has 11 atom stereocenters. The van der Waals surface area contributed by atoms with E-state index in [-0.39, 0.29) is 123 Å². The molecule has 2 aliphatic heterocycles. The van der Waals surface area contributed by atoms with Crippen LogP contribution < -0.4 is 36.7 Å². The molecular weight excluding hydrogens is 1460 g/mol. The van der Waals surface area contributed by atoms with Gasteiger partial charge in [0.1, 0.15) is 42.3 Å². The second-order valence-electron chi connectivity index (χ2n) is 30.3. The number of imide groups is 1. The van der Waals surface area contributed by atoms with Gasteiger partial charge in [0.2, 0.25) is 47.3 Å². The predicted molar refractivity (Wildman–Crippen MR) is 418 cm³/mol. The Kier molecular flexibility index (Phi) is 34.9. The number of aryl methyl sites for hydroxylation is 1. The fourth-order valence-corrected chi connectivity index (χ4v) is 16.1. The molecule has 2 heterocycles. The number of aromatic hydroxyl groups is 1. The van der Waals surface area contributed by atoms with Crippen molar-refractivity contribution in [2.24, 2.45) is 34.7 Å². The average molecular weight is 1570 g/mol. The normalized spacial score (nSPS) is 17.4. The first-order valence-electron chi connectivity index (χ1n) is 38.0. The summed E-state index contributed by atoms with van der Waals surface area (Å²) in [6.45, 7) is 23.9. The van der Waals surface area contributed by atoms with Crippen LogP contribution >= 0.6 is 21.6 Å². The van der Waals surface area contributed by atoms with E-state index in [4.69, 9.17) is 19.0 Å². The molecule has 0 spiro atoms. The van der Waals surface area contributed by atoms with Gasteiger partial charge in [-0.3, -0.25) is 52.8 Å². The minimum absolute atomic E-state index is 0.00290. The number of fused-ring (bicyclic) bond motifs is 1. The zero-order valence-electron chi connectivity index (χ0n) is 66.4. The lowest BCUT2D eigenvalue weighted by Crippen LogP contribution is -2.58. The largest absolute Gasteiger partial charge is 0.507 e. The molecule has 31 heteroatoms. The molecule has 11 amide bonds. The Labute approximate surface area is 654 Å². The average Bonchev–Trinajstić information content (AvgIpc) is 1.65. The predicted octanol–water partition coefficient (Wildman–Crippen LogP) is 8.42. The van der Waals surface area contributed by atoms with E-state index in [0.29, 0.717) is 83.3 Å². The van der Waals surface area contributed by atoms with E-state index >= 15 is 0 Å². The highest BCUT2D eigenvalue weighted by Crippen LogP contribution is 2.39. The van der Waals surface area contributed by atoms with Crippen LogP contribution in [0.2, 0.25) is 0 Å². The first-order valence-corrected chi connectivity index (χ1v) is 40.3. The van der Waals surface area contributed by atoms with Crippen molar-refractivity contribution in [2.45, 2.75) is 239 Å². The van der Waals surface area contributed by atoms with Gasteiger partial charge in [-0.25, -0.2) is 15.0 Å². The number of aliphatic hydroxyl groups excluding tert-OH is 1. The maximum atomic E-state index is 14.6. The molecule has 6 rings (SSSR count). The molecule has 8 N–H and O–H groups in total. The van der Waals surface area contributed by atoms with E-state index in [2.05, 4.69) is 37.1 Å². The Balaban J connectivity index is 0.903. The molecule has 0 radical (unpaired) electrons. The summed E-state index contributed by atoms with van der Waals surface area (Å²) in [5.41, 5.74) is 5.97.